The minimum absolute atomic E-state index is 0.540. The number of anilines is 3. The molecule has 3 heteroatoms. The van der Waals surface area contributed by atoms with E-state index in [2.05, 4.69) is 263 Å². The second-order valence-corrected chi connectivity index (χ2v) is 20.5. The third-order valence-electron chi connectivity index (χ3n) is 16.8. The van der Waals surface area contributed by atoms with Gasteiger partial charge in [0.25, 0.3) is 0 Å². The number of allylic oxidation sites excluding steroid dienone is 2. The number of benzene rings is 10. The number of aryl methyl sites for hydroxylation is 1. The molecule has 0 bridgehead atoms. The molecule has 0 amide bonds. The SMILES string of the molecule is C1=Cc2c(c3ccc(N(c4ccc5c6c(n(-c7ccccc7)c5c4)CCC=C6)c4cccc5c4-c4ccccc4C54c5ccccc5-c5ccc(-c6ccccc6)cc54)cc3n2-c2ccc3ccccc3c2)CC1. The first-order chi connectivity index (χ1) is 36.7. The molecule has 2 heterocycles. The van der Waals surface area contributed by atoms with Crippen LogP contribution in [0.25, 0.3) is 89.5 Å². The minimum atomic E-state index is -0.540. The number of nitrogens with zero attached hydrogens (tertiary/aromatic N) is 3. The molecule has 1 spiro atoms. The normalized spacial score (nSPS) is 15.6. The lowest BCUT2D eigenvalue weighted by molar-refractivity contribution is 0.794. The van der Waals surface area contributed by atoms with Gasteiger partial charge in [0.2, 0.25) is 0 Å². The summed E-state index contributed by atoms with van der Waals surface area (Å²) >= 11 is 0. The number of hydrogen-bond donors (Lipinski definition) is 0. The van der Waals surface area contributed by atoms with Crippen LogP contribution < -0.4 is 4.90 Å². The van der Waals surface area contributed by atoms with Crippen LogP contribution in [0.5, 0.6) is 0 Å². The van der Waals surface area contributed by atoms with Crippen LogP contribution in [0.3, 0.4) is 0 Å². The van der Waals surface area contributed by atoms with Crippen molar-refractivity contribution in [1.29, 1.82) is 0 Å². The molecule has 16 rings (SSSR count). The third kappa shape index (κ3) is 5.78. The van der Waals surface area contributed by atoms with Crippen molar-refractivity contribution in [2.24, 2.45) is 0 Å². The van der Waals surface area contributed by atoms with E-state index in [-0.39, 0.29) is 0 Å². The van der Waals surface area contributed by atoms with Crippen LogP contribution in [0, 0.1) is 0 Å². The molecule has 4 aliphatic rings. The van der Waals surface area contributed by atoms with Gasteiger partial charge in [-0.1, -0.05) is 182 Å². The summed E-state index contributed by atoms with van der Waals surface area (Å²) in [6.07, 6.45) is 13.5. The maximum atomic E-state index is 2.58. The van der Waals surface area contributed by atoms with Gasteiger partial charge in [-0.2, -0.15) is 0 Å². The molecule has 348 valence electrons. The van der Waals surface area contributed by atoms with Crippen LogP contribution in [-0.4, -0.2) is 9.13 Å². The van der Waals surface area contributed by atoms with Gasteiger partial charge in [0.1, 0.15) is 0 Å². The smallest absolute Gasteiger partial charge is 0.0726 e. The van der Waals surface area contributed by atoms with E-state index in [1.54, 1.807) is 0 Å². The van der Waals surface area contributed by atoms with Crippen LogP contribution in [0.2, 0.25) is 0 Å². The van der Waals surface area contributed by atoms with E-state index in [4.69, 9.17) is 0 Å². The van der Waals surface area contributed by atoms with Gasteiger partial charge in [0.05, 0.1) is 22.1 Å². The fourth-order valence-corrected chi connectivity index (χ4v) is 13.8. The van der Waals surface area contributed by atoms with Crippen molar-refractivity contribution in [2.45, 2.75) is 31.1 Å². The Hall–Kier alpha value is -9.18. The van der Waals surface area contributed by atoms with Crippen molar-refractivity contribution < 1.29 is 0 Å². The molecular formula is C71H49N3. The van der Waals surface area contributed by atoms with Gasteiger partial charge >= 0.3 is 0 Å². The van der Waals surface area contributed by atoms with Crippen LogP contribution in [0.1, 0.15) is 57.6 Å². The van der Waals surface area contributed by atoms with Crippen LogP contribution in [0.15, 0.2) is 237 Å². The van der Waals surface area contributed by atoms with Gasteiger partial charge in [-0.05, 0) is 159 Å². The molecule has 0 fully saturated rings. The maximum absolute atomic E-state index is 2.58. The van der Waals surface area contributed by atoms with E-state index in [1.807, 2.05) is 0 Å². The molecule has 3 nitrogen and oxygen atoms in total. The van der Waals surface area contributed by atoms with Crippen LogP contribution in [-0.2, 0) is 18.3 Å². The summed E-state index contributed by atoms with van der Waals surface area (Å²) < 4.78 is 5.05. The number of para-hydroxylation sites is 1. The average Bonchev–Trinajstić information content (AvgIpc) is 4.19. The molecule has 1 unspecified atom stereocenters. The second-order valence-electron chi connectivity index (χ2n) is 20.5. The Balaban J connectivity index is 0.994. The summed E-state index contributed by atoms with van der Waals surface area (Å²) in [5, 5.41) is 5.07. The van der Waals surface area contributed by atoms with Gasteiger partial charge in [-0.15, -0.1) is 0 Å². The van der Waals surface area contributed by atoms with Crippen molar-refractivity contribution in [3.63, 3.8) is 0 Å². The van der Waals surface area contributed by atoms with E-state index in [0.717, 1.165) is 42.7 Å². The molecule has 10 aromatic carbocycles. The Labute approximate surface area is 430 Å². The molecular weight excluding hydrogens is 895 g/mol. The monoisotopic (exact) mass is 943 g/mol. The Morgan fingerprint density at radius 3 is 1.91 bits per heavy atom. The van der Waals surface area contributed by atoms with Crippen molar-refractivity contribution in [3.05, 3.63) is 281 Å². The first kappa shape index (κ1) is 41.4. The summed E-state index contributed by atoms with van der Waals surface area (Å²) in [4.78, 5) is 2.58. The molecule has 0 N–H and O–H groups in total. The highest BCUT2D eigenvalue weighted by Gasteiger charge is 2.52. The number of rotatable bonds is 6. The Kier molecular flexibility index (Phi) is 8.91. The lowest BCUT2D eigenvalue weighted by atomic mass is 9.70. The predicted molar refractivity (Wildman–Crippen MR) is 309 cm³/mol. The highest BCUT2D eigenvalue weighted by atomic mass is 15.2. The zero-order valence-electron chi connectivity index (χ0n) is 40.8. The largest absolute Gasteiger partial charge is 0.313 e. The summed E-state index contributed by atoms with van der Waals surface area (Å²) in [7, 11) is 0. The van der Waals surface area contributed by atoms with Crippen molar-refractivity contribution in [2.75, 3.05) is 4.90 Å². The lowest BCUT2D eigenvalue weighted by Crippen LogP contribution is -2.26. The van der Waals surface area contributed by atoms with E-state index in [0.29, 0.717) is 0 Å². The van der Waals surface area contributed by atoms with Crippen molar-refractivity contribution >= 4 is 61.8 Å². The fourth-order valence-electron chi connectivity index (χ4n) is 13.8. The Morgan fingerprint density at radius 1 is 0.405 bits per heavy atom. The molecule has 74 heavy (non-hydrogen) atoms. The van der Waals surface area contributed by atoms with E-state index < -0.39 is 5.41 Å². The standard InChI is InChI=1S/C71H49N3/c1-3-18-46(19-4-1)49-35-39-55-54-24-9-13-28-61(54)71(64(55)43-49)62-29-14-10-27-60(62)70-63(71)30-17-33-67(70)72(52-37-40-58-56-25-11-15-31-65(56)73(68(58)44-52)50-22-5-2-6-23-50)53-38-41-59-57-26-12-16-32-66(57)74(69(59)45-53)51-36-34-47-20-7-8-21-48(47)42-51/h1-11,13-14,16-25,27-30,32-45H,12,15,26,31H2. The Bertz CT molecular complexity index is 4370. The molecule has 2 aromatic heterocycles. The number of fused-ring (bicyclic) bond motifs is 17. The summed E-state index contributed by atoms with van der Waals surface area (Å²) in [6.45, 7) is 0. The molecule has 4 aliphatic carbocycles. The van der Waals surface area contributed by atoms with Gasteiger partial charge in [0.15, 0.2) is 0 Å². The second kappa shape index (κ2) is 15.9. The molecule has 0 saturated carbocycles. The number of hydrogen-bond acceptors (Lipinski definition) is 1. The zero-order valence-corrected chi connectivity index (χ0v) is 40.8. The first-order valence-electron chi connectivity index (χ1n) is 26.3. The molecule has 0 radical (unpaired) electrons. The van der Waals surface area contributed by atoms with Crippen LogP contribution in [0.4, 0.5) is 17.1 Å². The highest BCUT2D eigenvalue weighted by molar-refractivity contribution is 6.04. The van der Waals surface area contributed by atoms with Crippen LogP contribution >= 0.6 is 0 Å². The van der Waals surface area contributed by atoms with E-state index >= 15 is 0 Å². The molecule has 0 saturated heterocycles. The first-order valence-corrected chi connectivity index (χ1v) is 26.3. The van der Waals surface area contributed by atoms with E-state index in [9.17, 15) is 0 Å². The highest BCUT2D eigenvalue weighted by Crippen LogP contribution is 2.65. The van der Waals surface area contributed by atoms with Gasteiger partial charge < -0.3 is 14.0 Å². The molecule has 1 atom stereocenters. The quantitative estimate of drug-likeness (QED) is 0.162. The zero-order chi connectivity index (χ0) is 48.5. The summed E-state index contributed by atoms with van der Waals surface area (Å²) in [5.41, 5.74) is 25.9. The van der Waals surface area contributed by atoms with E-state index in [1.165, 1.54) is 122 Å². The van der Waals surface area contributed by atoms with Gasteiger partial charge in [0, 0.05) is 56.0 Å². The summed E-state index contributed by atoms with van der Waals surface area (Å²) in [5.74, 6) is 0. The maximum Gasteiger partial charge on any atom is 0.0726 e. The van der Waals surface area contributed by atoms with Crippen molar-refractivity contribution in [1.82, 2.24) is 9.13 Å². The number of aromatic nitrogens is 2. The topological polar surface area (TPSA) is 13.1 Å². The van der Waals surface area contributed by atoms with Crippen molar-refractivity contribution in [3.8, 4) is 44.8 Å². The molecule has 0 aliphatic heterocycles. The average molecular weight is 944 g/mol. The third-order valence-corrected chi connectivity index (χ3v) is 16.8. The Morgan fingerprint density at radius 2 is 1.07 bits per heavy atom. The van der Waals surface area contributed by atoms with Gasteiger partial charge in [-0.25, -0.2) is 0 Å². The fraction of sp³-hybridized carbons (Fsp3) is 0.0704. The minimum Gasteiger partial charge on any atom is -0.313 e. The lowest BCUT2D eigenvalue weighted by Gasteiger charge is -2.32. The predicted octanol–water partition coefficient (Wildman–Crippen LogP) is 18.1. The summed E-state index contributed by atoms with van der Waals surface area (Å²) in [6, 6.07) is 84.8. The van der Waals surface area contributed by atoms with Gasteiger partial charge in [-0.3, -0.25) is 0 Å². The molecule has 12 aromatic rings.